The summed E-state index contributed by atoms with van der Waals surface area (Å²) in [7, 11) is -3.60. The molecule has 0 aromatic rings. The standard InChI is InChI=1S/C14H26N2O5S/c1-4-21-13(17)12-6-5-7-15(10-12)22(18,19)16-8-9-20-11-14(16,2)3/h12H,4-11H2,1-3H3. The van der Waals surface area contributed by atoms with Gasteiger partial charge in [-0.3, -0.25) is 4.79 Å². The van der Waals surface area contributed by atoms with Crippen molar-refractivity contribution in [3.63, 3.8) is 0 Å². The van der Waals surface area contributed by atoms with Gasteiger partial charge in [-0.25, -0.2) is 0 Å². The van der Waals surface area contributed by atoms with Crippen LogP contribution in [-0.2, 0) is 24.5 Å². The van der Waals surface area contributed by atoms with E-state index in [4.69, 9.17) is 9.47 Å². The monoisotopic (exact) mass is 334 g/mol. The highest BCUT2D eigenvalue weighted by atomic mass is 32.2. The first-order chi connectivity index (χ1) is 10.3. The molecule has 2 aliphatic heterocycles. The molecular weight excluding hydrogens is 308 g/mol. The van der Waals surface area contributed by atoms with Gasteiger partial charge >= 0.3 is 5.97 Å². The molecule has 1 atom stereocenters. The minimum atomic E-state index is -3.60. The van der Waals surface area contributed by atoms with Gasteiger partial charge in [-0.15, -0.1) is 0 Å². The van der Waals surface area contributed by atoms with Gasteiger partial charge < -0.3 is 9.47 Å². The Labute approximate surface area is 132 Å². The largest absolute Gasteiger partial charge is 0.466 e. The van der Waals surface area contributed by atoms with Gasteiger partial charge in [-0.1, -0.05) is 0 Å². The van der Waals surface area contributed by atoms with E-state index in [0.29, 0.717) is 45.8 Å². The van der Waals surface area contributed by atoms with E-state index in [1.54, 1.807) is 6.92 Å². The first kappa shape index (κ1) is 17.7. The van der Waals surface area contributed by atoms with Gasteiger partial charge in [0.2, 0.25) is 0 Å². The molecule has 1 unspecified atom stereocenters. The van der Waals surface area contributed by atoms with Gasteiger partial charge in [0.25, 0.3) is 10.2 Å². The molecule has 22 heavy (non-hydrogen) atoms. The third-order valence-corrected chi connectivity index (χ3v) is 6.40. The van der Waals surface area contributed by atoms with Gasteiger partial charge in [-0.2, -0.15) is 17.0 Å². The number of morpholine rings is 1. The van der Waals surface area contributed by atoms with Crippen LogP contribution in [-0.4, -0.2) is 68.0 Å². The second-order valence-electron chi connectivity index (χ2n) is 6.39. The Balaban J connectivity index is 2.13. The van der Waals surface area contributed by atoms with E-state index in [-0.39, 0.29) is 18.4 Å². The second kappa shape index (κ2) is 6.82. The van der Waals surface area contributed by atoms with E-state index in [2.05, 4.69) is 0 Å². The molecule has 0 saturated carbocycles. The Bertz CT molecular complexity index is 505. The summed E-state index contributed by atoms with van der Waals surface area (Å²) in [5.74, 6) is -0.670. The molecule has 0 aliphatic carbocycles. The summed E-state index contributed by atoms with van der Waals surface area (Å²) >= 11 is 0. The molecule has 0 spiro atoms. The highest BCUT2D eigenvalue weighted by Gasteiger charge is 2.43. The van der Waals surface area contributed by atoms with Crippen LogP contribution in [0.5, 0.6) is 0 Å². The van der Waals surface area contributed by atoms with E-state index >= 15 is 0 Å². The summed E-state index contributed by atoms with van der Waals surface area (Å²) < 4.78 is 39.2. The van der Waals surface area contributed by atoms with E-state index in [1.807, 2.05) is 13.8 Å². The lowest BCUT2D eigenvalue weighted by atomic mass is 10.0. The lowest BCUT2D eigenvalue weighted by Gasteiger charge is -2.44. The number of rotatable bonds is 4. The molecule has 2 saturated heterocycles. The number of piperidine rings is 1. The summed E-state index contributed by atoms with van der Waals surface area (Å²) in [6.07, 6.45) is 1.35. The molecule has 0 amide bonds. The normalized spacial score (nSPS) is 27.5. The second-order valence-corrected chi connectivity index (χ2v) is 8.25. The SMILES string of the molecule is CCOC(=O)C1CCCN(S(=O)(=O)N2CCOCC2(C)C)C1. The third kappa shape index (κ3) is 3.61. The van der Waals surface area contributed by atoms with Gasteiger partial charge in [-0.05, 0) is 33.6 Å². The van der Waals surface area contributed by atoms with E-state index in [1.165, 1.54) is 8.61 Å². The molecule has 128 valence electrons. The molecule has 2 aliphatic rings. The predicted octanol–water partition coefficient (Wildman–Crippen LogP) is 0.617. The first-order valence-corrected chi connectivity index (χ1v) is 9.21. The molecule has 0 N–H and O–H groups in total. The van der Waals surface area contributed by atoms with Crippen LogP contribution in [0.15, 0.2) is 0 Å². The molecule has 0 bridgehead atoms. The fraction of sp³-hybridized carbons (Fsp3) is 0.929. The topological polar surface area (TPSA) is 76.2 Å². The van der Waals surface area contributed by atoms with Crippen LogP contribution in [0.25, 0.3) is 0 Å². The Morgan fingerprint density at radius 2 is 2.09 bits per heavy atom. The summed E-state index contributed by atoms with van der Waals surface area (Å²) in [4.78, 5) is 11.9. The Morgan fingerprint density at radius 1 is 1.36 bits per heavy atom. The van der Waals surface area contributed by atoms with Crippen molar-refractivity contribution in [1.29, 1.82) is 0 Å². The number of hydrogen-bond acceptors (Lipinski definition) is 5. The van der Waals surface area contributed by atoms with Crippen LogP contribution < -0.4 is 0 Å². The van der Waals surface area contributed by atoms with E-state index in [9.17, 15) is 13.2 Å². The Hall–Kier alpha value is -0.700. The molecule has 2 rings (SSSR count). The minimum absolute atomic E-state index is 0.203. The molecule has 8 heteroatoms. The maximum absolute atomic E-state index is 12.9. The number of ether oxygens (including phenoxy) is 2. The van der Waals surface area contributed by atoms with Crippen LogP contribution in [0.4, 0.5) is 0 Å². The molecule has 2 heterocycles. The summed E-state index contributed by atoms with van der Waals surface area (Å²) in [5.41, 5.74) is -0.575. The molecule has 0 radical (unpaired) electrons. The van der Waals surface area contributed by atoms with Crippen molar-refractivity contribution in [2.45, 2.75) is 39.2 Å². The molecule has 0 aromatic carbocycles. The quantitative estimate of drug-likeness (QED) is 0.704. The van der Waals surface area contributed by atoms with Crippen molar-refractivity contribution < 1.29 is 22.7 Å². The van der Waals surface area contributed by atoms with Crippen molar-refractivity contribution in [1.82, 2.24) is 8.61 Å². The van der Waals surface area contributed by atoms with Crippen LogP contribution in [0.1, 0.15) is 33.6 Å². The average Bonchev–Trinajstić information content (AvgIpc) is 2.47. The number of carbonyl (C=O) groups excluding carboxylic acids is 1. The highest BCUT2D eigenvalue weighted by molar-refractivity contribution is 7.86. The number of carbonyl (C=O) groups is 1. The van der Waals surface area contributed by atoms with Gasteiger partial charge in [0.15, 0.2) is 0 Å². The zero-order chi connectivity index (χ0) is 16.4. The molecule has 2 fully saturated rings. The number of hydrogen-bond donors (Lipinski definition) is 0. The van der Waals surface area contributed by atoms with Crippen molar-refractivity contribution in [3.8, 4) is 0 Å². The van der Waals surface area contributed by atoms with Gasteiger partial charge in [0.1, 0.15) is 0 Å². The van der Waals surface area contributed by atoms with E-state index < -0.39 is 15.7 Å². The van der Waals surface area contributed by atoms with Crippen LogP contribution in [0.3, 0.4) is 0 Å². The lowest BCUT2D eigenvalue weighted by Crippen LogP contribution is -2.60. The summed E-state index contributed by atoms with van der Waals surface area (Å²) in [6.45, 7) is 7.56. The zero-order valence-electron chi connectivity index (χ0n) is 13.6. The zero-order valence-corrected chi connectivity index (χ0v) is 14.4. The predicted molar refractivity (Wildman–Crippen MR) is 81.5 cm³/mol. The third-order valence-electron chi connectivity index (χ3n) is 4.18. The fourth-order valence-electron chi connectivity index (χ4n) is 3.02. The average molecular weight is 334 g/mol. The lowest BCUT2D eigenvalue weighted by molar-refractivity contribution is -0.149. The number of nitrogens with zero attached hydrogens (tertiary/aromatic N) is 2. The van der Waals surface area contributed by atoms with Crippen molar-refractivity contribution in [2.75, 3.05) is 39.5 Å². The summed E-state index contributed by atoms with van der Waals surface area (Å²) in [5, 5.41) is 0. The smallest absolute Gasteiger partial charge is 0.310 e. The van der Waals surface area contributed by atoms with Gasteiger partial charge in [0, 0.05) is 19.6 Å². The Kier molecular flexibility index (Phi) is 5.47. The fourth-order valence-corrected chi connectivity index (χ4v) is 5.01. The maximum Gasteiger partial charge on any atom is 0.310 e. The minimum Gasteiger partial charge on any atom is -0.466 e. The van der Waals surface area contributed by atoms with Crippen molar-refractivity contribution >= 4 is 16.2 Å². The van der Waals surface area contributed by atoms with Crippen LogP contribution in [0.2, 0.25) is 0 Å². The van der Waals surface area contributed by atoms with Crippen LogP contribution >= 0.6 is 0 Å². The molecular formula is C14H26N2O5S. The van der Waals surface area contributed by atoms with Gasteiger partial charge in [0.05, 0.1) is 31.3 Å². The van der Waals surface area contributed by atoms with Crippen LogP contribution in [0, 0.1) is 5.92 Å². The Morgan fingerprint density at radius 3 is 2.73 bits per heavy atom. The summed E-state index contributed by atoms with van der Waals surface area (Å²) in [6, 6.07) is 0. The highest BCUT2D eigenvalue weighted by Crippen LogP contribution is 2.28. The maximum atomic E-state index is 12.9. The molecule has 0 aromatic heterocycles. The van der Waals surface area contributed by atoms with E-state index in [0.717, 1.165) is 0 Å². The van der Waals surface area contributed by atoms with Crippen molar-refractivity contribution in [3.05, 3.63) is 0 Å². The molecule has 7 nitrogen and oxygen atoms in total. The van der Waals surface area contributed by atoms with Crippen molar-refractivity contribution in [2.24, 2.45) is 5.92 Å². The first-order valence-electron chi connectivity index (χ1n) is 7.81. The number of esters is 1.